The van der Waals surface area contributed by atoms with Crippen molar-refractivity contribution in [1.82, 2.24) is 14.2 Å². The van der Waals surface area contributed by atoms with E-state index in [2.05, 4.69) is 9.67 Å². The van der Waals surface area contributed by atoms with Crippen LogP contribution in [0.5, 0.6) is 0 Å². The van der Waals surface area contributed by atoms with Crippen LogP contribution in [0.2, 0.25) is 0 Å². The van der Waals surface area contributed by atoms with Gasteiger partial charge in [-0.1, -0.05) is 0 Å². The molecule has 17 heavy (non-hydrogen) atoms. The van der Waals surface area contributed by atoms with E-state index in [1.54, 1.807) is 12.3 Å². The largest absolute Gasteiger partial charge is 0.378 e. The molecule has 2 aromatic heterocycles. The van der Waals surface area contributed by atoms with Gasteiger partial charge in [-0.2, -0.15) is 9.61 Å². The maximum Gasteiger partial charge on any atom is 0.274 e. The highest BCUT2D eigenvalue weighted by Gasteiger charge is 2.15. The molecule has 0 saturated carbocycles. The number of aromatic nitrogens is 3. The molecule has 1 aliphatic heterocycles. The molecule has 0 unspecified atom stereocenters. The van der Waals surface area contributed by atoms with E-state index >= 15 is 0 Å². The fourth-order valence-electron chi connectivity index (χ4n) is 2.33. The molecule has 0 spiro atoms. The summed E-state index contributed by atoms with van der Waals surface area (Å²) in [4.78, 5) is 11.5. The Morgan fingerprint density at radius 2 is 2.41 bits per heavy atom. The van der Waals surface area contributed by atoms with Gasteiger partial charge in [0.2, 0.25) is 0 Å². The zero-order valence-corrected chi connectivity index (χ0v) is 9.58. The molecule has 5 heteroatoms. The number of aryl methyl sites for hydroxylation is 1. The number of hydrogen-bond donors (Lipinski definition) is 0. The molecule has 3 heterocycles. The average Bonchev–Trinajstić information content (AvgIpc) is 2.99. The van der Waals surface area contributed by atoms with Crippen molar-refractivity contribution in [2.24, 2.45) is 0 Å². The topological polar surface area (TPSA) is 48.5 Å². The Labute approximate surface area is 98.6 Å². The monoisotopic (exact) mass is 233 g/mol. The van der Waals surface area contributed by atoms with Crippen molar-refractivity contribution < 1.29 is 4.74 Å². The minimum atomic E-state index is -0.0848. The predicted octanol–water partition coefficient (Wildman–Crippen LogP) is 1.07. The van der Waals surface area contributed by atoms with Gasteiger partial charge in [-0.15, -0.1) is 0 Å². The van der Waals surface area contributed by atoms with Crippen LogP contribution in [-0.4, -0.2) is 26.9 Å². The third-order valence-electron chi connectivity index (χ3n) is 3.24. The van der Waals surface area contributed by atoms with Gasteiger partial charge in [-0.3, -0.25) is 4.79 Å². The fourth-order valence-corrected chi connectivity index (χ4v) is 2.33. The lowest BCUT2D eigenvalue weighted by atomic mass is 10.2. The van der Waals surface area contributed by atoms with Crippen LogP contribution < -0.4 is 5.56 Å². The second kappa shape index (κ2) is 4.33. The summed E-state index contributed by atoms with van der Waals surface area (Å²) in [5.41, 5.74) is 0.758. The molecule has 2 aromatic rings. The molecule has 0 bridgehead atoms. The van der Waals surface area contributed by atoms with Gasteiger partial charge in [0.1, 0.15) is 5.65 Å². The predicted molar refractivity (Wildman–Crippen MR) is 63.0 cm³/mol. The molecule has 0 aliphatic carbocycles. The average molecular weight is 233 g/mol. The molecule has 1 atom stereocenters. The summed E-state index contributed by atoms with van der Waals surface area (Å²) in [7, 11) is 0. The Morgan fingerprint density at radius 1 is 1.47 bits per heavy atom. The lowest BCUT2D eigenvalue weighted by Gasteiger charge is -2.12. The van der Waals surface area contributed by atoms with Crippen LogP contribution in [0.3, 0.4) is 0 Å². The molecule has 0 amide bonds. The Hall–Kier alpha value is -1.62. The lowest BCUT2D eigenvalue weighted by Crippen LogP contribution is -2.18. The van der Waals surface area contributed by atoms with Gasteiger partial charge < -0.3 is 9.30 Å². The first-order valence-electron chi connectivity index (χ1n) is 5.99. The van der Waals surface area contributed by atoms with Crippen LogP contribution in [0.25, 0.3) is 5.65 Å². The van der Waals surface area contributed by atoms with Crippen LogP contribution in [0.4, 0.5) is 0 Å². The van der Waals surface area contributed by atoms with E-state index < -0.39 is 0 Å². The molecule has 0 aromatic carbocycles. The van der Waals surface area contributed by atoms with Gasteiger partial charge >= 0.3 is 0 Å². The molecule has 3 rings (SSSR count). The highest BCUT2D eigenvalue weighted by Crippen LogP contribution is 2.16. The zero-order valence-electron chi connectivity index (χ0n) is 9.58. The molecular weight excluding hydrogens is 218 g/mol. The van der Waals surface area contributed by atoms with Crippen molar-refractivity contribution >= 4 is 5.65 Å². The number of nitrogens with zero attached hydrogens (tertiary/aromatic N) is 3. The third kappa shape index (κ3) is 1.98. The van der Waals surface area contributed by atoms with Crippen molar-refractivity contribution in [3.8, 4) is 0 Å². The first-order valence-corrected chi connectivity index (χ1v) is 5.99. The lowest BCUT2D eigenvalue weighted by molar-refractivity contribution is 0.101. The minimum absolute atomic E-state index is 0.0848. The SMILES string of the molecule is O=c1ccn(CC[C@H]2CCCO2)c2ccnn12. The molecule has 90 valence electrons. The quantitative estimate of drug-likeness (QED) is 0.796. The van der Waals surface area contributed by atoms with E-state index in [0.717, 1.165) is 38.1 Å². The number of hydrogen-bond acceptors (Lipinski definition) is 3. The first kappa shape index (κ1) is 10.5. The van der Waals surface area contributed by atoms with Crippen LogP contribution in [0.15, 0.2) is 29.3 Å². The van der Waals surface area contributed by atoms with Crippen LogP contribution in [-0.2, 0) is 11.3 Å². The second-order valence-corrected chi connectivity index (χ2v) is 4.37. The van der Waals surface area contributed by atoms with Crippen molar-refractivity contribution in [2.75, 3.05) is 6.61 Å². The van der Waals surface area contributed by atoms with Crippen molar-refractivity contribution in [3.05, 3.63) is 34.9 Å². The molecule has 0 N–H and O–H groups in total. The second-order valence-electron chi connectivity index (χ2n) is 4.37. The van der Waals surface area contributed by atoms with Gasteiger partial charge in [0.05, 0.1) is 12.3 Å². The Balaban J connectivity index is 1.82. The van der Waals surface area contributed by atoms with Gasteiger partial charge in [0.25, 0.3) is 5.56 Å². The summed E-state index contributed by atoms with van der Waals surface area (Å²) < 4.78 is 9.07. The standard InChI is InChI=1S/C12H15N3O2/c16-12-5-8-14(11-3-6-13-15(11)12)7-4-10-2-1-9-17-10/h3,5-6,8,10H,1-2,4,7,9H2/t10-/m1/s1. The van der Waals surface area contributed by atoms with E-state index in [-0.39, 0.29) is 5.56 Å². The highest BCUT2D eigenvalue weighted by molar-refractivity contribution is 5.36. The summed E-state index contributed by atoms with van der Waals surface area (Å²) in [6.07, 6.45) is 7.15. The molecule has 1 fully saturated rings. The zero-order chi connectivity index (χ0) is 11.7. The number of fused-ring (bicyclic) bond motifs is 1. The normalized spacial score (nSPS) is 20.1. The van der Waals surface area contributed by atoms with Crippen molar-refractivity contribution in [2.45, 2.75) is 31.9 Å². The van der Waals surface area contributed by atoms with Crippen LogP contribution in [0, 0.1) is 0 Å². The Bertz CT molecular complexity index is 566. The van der Waals surface area contributed by atoms with Gasteiger partial charge in [-0.25, -0.2) is 0 Å². The maximum atomic E-state index is 11.5. The summed E-state index contributed by atoms with van der Waals surface area (Å²) in [6.45, 7) is 1.75. The summed E-state index contributed by atoms with van der Waals surface area (Å²) in [6, 6.07) is 3.41. The molecule has 1 aliphatic rings. The Kier molecular flexibility index (Phi) is 2.68. The number of ether oxygens (including phenoxy) is 1. The third-order valence-corrected chi connectivity index (χ3v) is 3.24. The minimum Gasteiger partial charge on any atom is -0.378 e. The Morgan fingerprint density at radius 3 is 3.24 bits per heavy atom. The molecule has 5 nitrogen and oxygen atoms in total. The van der Waals surface area contributed by atoms with Crippen molar-refractivity contribution in [1.29, 1.82) is 0 Å². The highest BCUT2D eigenvalue weighted by atomic mass is 16.5. The maximum absolute atomic E-state index is 11.5. The first-order chi connectivity index (χ1) is 8.34. The molecular formula is C12H15N3O2. The van der Waals surface area contributed by atoms with E-state index in [9.17, 15) is 4.79 Å². The van der Waals surface area contributed by atoms with E-state index in [0.29, 0.717) is 6.10 Å². The fraction of sp³-hybridized carbons (Fsp3) is 0.500. The van der Waals surface area contributed by atoms with Gasteiger partial charge in [0.15, 0.2) is 0 Å². The van der Waals surface area contributed by atoms with Crippen molar-refractivity contribution in [3.63, 3.8) is 0 Å². The summed E-state index contributed by atoms with van der Waals surface area (Å²) in [5.74, 6) is 0. The smallest absolute Gasteiger partial charge is 0.274 e. The summed E-state index contributed by atoms with van der Waals surface area (Å²) >= 11 is 0. The van der Waals surface area contributed by atoms with Crippen LogP contribution >= 0.6 is 0 Å². The van der Waals surface area contributed by atoms with E-state index in [4.69, 9.17) is 4.74 Å². The van der Waals surface area contributed by atoms with Gasteiger partial charge in [-0.05, 0) is 19.3 Å². The van der Waals surface area contributed by atoms with Gasteiger partial charge in [0, 0.05) is 31.5 Å². The number of rotatable bonds is 3. The van der Waals surface area contributed by atoms with Crippen LogP contribution in [0.1, 0.15) is 19.3 Å². The van der Waals surface area contributed by atoms with E-state index in [1.165, 1.54) is 4.52 Å². The molecule has 1 saturated heterocycles. The summed E-state index contributed by atoms with van der Waals surface area (Å²) in [5, 5.41) is 4.01. The molecule has 0 radical (unpaired) electrons. The van der Waals surface area contributed by atoms with E-state index in [1.807, 2.05) is 12.3 Å².